The zero-order valence-electron chi connectivity index (χ0n) is 14.0. The second kappa shape index (κ2) is 7.53. The van der Waals surface area contributed by atoms with Gasteiger partial charge in [-0.2, -0.15) is 0 Å². The Kier molecular flexibility index (Phi) is 4.99. The van der Waals surface area contributed by atoms with Crippen molar-refractivity contribution in [2.24, 2.45) is 0 Å². The molecule has 0 saturated carbocycles. The first-order valence-corrected chi connectivity index (χ1v) is 7.70. The van der Waals surface area contributed by atoms with E-state index in [0.29, 0.717) is 22.9 Å². The fraction of sp³-hybridized carbons (Fsp3) is 0.158. The number of rotatable bonds is 6. The third kappa shape index (κ3) is 3.63. The van der Waals surface area contributed by atoms with Gasteiger partial charge in [-0.15, -0.1) is 0 Å². The number of anilines is 1. The van der Waals surface area contributed by atoms with Gasteiger partial charge in [0.1, 0.15) is 0 Å². The average Bonchev–Trinajstić information content (AvgIpc) is 2.66. The number of carbonyl (C=O) groups excluding carboxylic acids is 1. The summed E-state index contributed by atoms with van der Waals surface area (Å²) < 4.78 is 16.1. The number of nitrogens with zero attached hydrogens (tertiary/aromatic N) is 1. The molecule has 0 fully saturated rings. The molecular weight excluding hydrogens is 320 g/mol. The van der Waals surface area contributed by atoms with E-state index in [0.717, 1.165) is 10.9 Å². The number of para-hydroxylation sites is 2. The van der Waals surface area contributed by atoms with Crippen LogP contribution in [0.2, 0.25) is 0 Å². The number of benzene rings is 2. The SMILES string of the molecule is COc1cccc(OCC(=O)Nc2cccc3cccnc23)c1OC. The summed E-state index contributed by atoms with van der Waals surface area (Å²) in [5, 5.41) is 3.78. The van der Waals surface area contributed by atoms with E-state index in [2.05, 4.69) is 10.3 Å². The number of aromatic nitrogens is 1. The number of hydrogen-bond donors (Lipinski definition) is 1. The highest BCUT2D eigenvalue weighted by Gasteiger charge is 2.13. The highest BCUT2D eigenvalue weighted by Crippen LogP contribution is 2.36. The molecule has 6 nitrogen and oxygen atoms in total. The molecule has 0 saturated heterocycles. The molecule has 0 spiro atoms. The predicted molar refractivity (Wildman–Crippen MR) is 95.4 cm³/mol. The van der Waals surface area contributed by atoms with E-state index in [1.807, 2.05) is 24.3 Å². The third-order valence-electron chi connectivity index (χ3n) is 3.63. The number of hydrogen-bond acceptors (Lipinski definition) is 5. The standard InChI is InChI=1S/C19H18N2O4/c1-23-15-9-4-10-16(19(15)24-2)25-12-17(22)21-14-8-3-6-13-7-5-11-20-18(13)14/h3-11H,12H2,1-2H3,(H,21,22). The first-order valence-electron chi connectivity index (χ1n) is 7.70. The normalized spacial score (nSPS) is 10.3. The molecule has 3 rings (SSSR count). The first kappa shape index (κ1) is 16.6. The average molecular weight is 338 g/mol. The fourth-order valence-corrected chi connectivity index (χ4v) is 2.51. The Balaban J connectivity index is 1.71. The summed E-state index contributed by atoms with van der Waals surface area (Å²) in [4.78, 5) is 16.6. The number of carbonyl (C=O) groups is 1. The van der Waals surface area contributed by atoms with Gasteiger partial charge in [-0.25, -0.2) is 0 Å². The lowest BCUT2D eigenvalue weighted by Gasteiger charge is -2.13. The van der Waals surface area contributed by atoms with E-state index in [1.165, 1.54) is 7.11 Å². The minimum atomic E-state index is -0.289. The molecule has 1 aromatic heterocycles. The minimum Gasteiger partial charge on any atom is -0.493 e. The van der Waals surface area contributed by atoms with Gasteiger partial charge in [0.15, 0.2) is 18.1 Å². The molecule has 0 aliphatic rings. The van der Waals surface area contributed by atoms with Gasteiger partial charge in [-0.05, 0) is 24.3 Å². The fourth-order valence-electron chi connectivity index (χ4n) is 2.51. The molecule has 1 heterocycles. The molecule has 1 amide bonds. The predicted octanol–water partition coefficient (Wildman–Crippen LogP) is 3.27. The van der Waals surface area contributed by atoms with Gasteiger partial charge >= 0.3 is 0 Å². The van der Waals surface area contributed by atoms with E-state index in [9.17, 15) is 4.79 Å². The molecule has 0 bridgehead atoms. The lowest BCUT2D eigenvalue weighted by atomic mass is 10.2. The maximum Gasteiger partial charge on any atom is 0.262 e. The molecule has 0 aliphatic heterocycles. The zero-order chi connectivity index (χ0) is 17.6. The van der Waals surface area contributed by atoms with Crippen LogP contribution in [-0.2, 0) is 4.79 Å². The second-order valence-electron chi connectivity index (χ2n) is 5.21. The van der Waals surface area contributed by atoms with Gasteiger partial charge in [0.25, 0.3) is 5.91 Å². The van der Waals surface area contributed by atoms with E-state index in [1.54, 1.807) is 37.6 Å². The topological polar surface area (TPSA) is 69.7 Å². The highest BCUT2D eigenvalue weighted by atomic mass is 16.5. The van der Waals surface area contributed by atoms with E-state index in [4.69, 9.17) is 14.2 Å². The molecule has 2 aromatic carbocycles. The molecule has 6 heteroatoms. The van der Waals surface area contributed by atoms with Crippen molar-refractivity contribution >= 4 is 22.5 Å². The molecule has 0 atom stereocenters. The summed E-state index contributed by atoms with van der Waals surface area (Å²) >= 11 is 0. The van der Waals surface area contributed by atoms with Crippen LogP contribution in [0.25, 0.3) is 10.9 Å². The summed E-state index contributed by atoms with van der Waals surface area (Å²) in [6.45, 7) is -0.160. The Labute approximate surface area is 145 Å². The van der Waals surface area contributed by atoms with Crippen molar-refractivity contribution in [3.63, 3.8) is 0 Å². The summed E-state index contributed by atoms with van der Waals surface area (Å²) in [6.07, 6.45) is 1.69. The van der Waals surface area contributed by atoms with Gasteiger partial charge in [0.05, 0.1) is 25.4 Å². The summed E-state index contributed by atoms with van der Waals surface area (Å²) in [6, 6.07) is 14.6. The maximum absolute atomic E-state index is 12.2. The number of nitrogens with one attached hydrogen (secondary N) is 1. The molecule has 128 valence electrons. The molecule has 1 N–H and O–H groups in total. The Morgan fingerprint density at radius 3 is 2.56 bits per heavy atom. The molecule has 0 radical (unpaired) electrons. The third-order valence-corrected chi connectivity index (χ3v) is 3.63. The van der Waals surface area contributed by atoms with Gasteiger partial charge in [0, 0.05) is 11.6 Å². The largest absolute Gasteiger partial charge is 0.493 e. The zero-order valence-corrected chi connectivity index (χ0v) is 14.0. The van der Waals surface area contributed by atoms with E-state index >= 15 is 0 Å². The Hall–Kier alpha value is -3.28. The van der Waals surface area contributed by atoms with Crippen LogP contribution < -0.4 is 19.5 Å². The number of amides is 1. The van der Waals surface area contributed by atoms with Crippen molar-refractivity contribution in [3.05, 3.63) is 54.7 Å². The minimum absolute atomic E-state index is 0.160. The number of ether oxygens (including phenoxy) is 3. The quantitative estimate of drug-likeness (QED) is 0.747. The molecule has 3 aromatic rings. The van der Waals surface area contributed by atoms with Crippen LogP contribution in [-0.4, -0.2) is 31.7 Å². The lowest BCUT2D eigenvalue weighted by molar-refractivity contribution is -0.118. The van der Waals surface area contributed by atoms with Crippen LogP contribution >= 0.6 is 0 Å². The van der Waals surface area contributed by atoms with Gasteiger partial charge in [-0.3, -0.25) is 9.78 Å². The van der Waals surface area contributed by atoms with Crippen LogP contribution in [0.1, 0.15) is 0 Å². The van der Waals surface area contributed by atoms with Crippen molar-refractivity contribution in [2.45, 2.75) is 0 Å². The van der Waals surface area contributed by atoms with Gasteiger partial charge < -0.3 is 19.5 Å². The van der Waals surface area contributed by atoms with Crippen LogP contribution in [0.3, 0.4) is 0 Å². The van der Waals surface area contributed by atoms with Crippen molar-refractivity contribution < 1.29 is 19.0 Å². The van der Waals surface area contributed by atoms with Crippen molar-refractivity contribution in [2.75, 3.05) is 26.1 Å². The van der Waals surface area contributed by atoms with Gasteiger partial charge in [0.2, 0.25) is 5.75 Å². The van der Waals surface area contributed by atoms with Crippen LogP contribution in [0.15, 0.2) is 54.7 Å². The number of pyridine rings is 1. The van der Waals surface area contributed by atoms with Crippen molar-refractivity contribution in [3.8, 4) is 17.2 Å². The molecule has 0 aliphatic carbocycles. The monoisotopic (exact) mass is 338 g/mol. The Morgan fingerprint density at radius 1 is 1.00 bits per heavy atom. The lowest BCUT2D eigenvalue weighted by Crippen LogP contribution is -2.20. The van der Waals surface area contributed by atoms with Gasteiger partial charge in [-0.1, -0.05) is 24.3 Å². The number of methoxy groups -OCH3 is 2. The van der Waals surface area contributed by atoms with E-state index in [-0.39, 0.29) is 12.5 Å². The molecular formula is C19H18N2O4. The Bertz CT molecular complexity index is 890. The second-order valence-corrected chi connectivity index (χ2v) is 5.21. The smallest absolute Gasteiger partial charge is 0.262 e. The van der Waals surface area contributed by atoms with Crippen LogP contribution in [0, 0.1) is 0 Å². The first-order chi connectivity index (χ1) is 12.2. The summed E-state index contributed by atoms with van der Waals surface area (Å²) in [5.74, 6) is 1.14. The summed E-state index contributed by atoms with van der Waals surface area (Å²) in [5.41, 5.74) is 1.38. The van der Waals surface area contributed by atoms with Crippen molar-refractivity contribution in [1.82, 2.24) is 4.98 Å². The number of fused-ring (bicyclic) bond motifs is 1. The summed E-state index contributed by atoms with van der Waals surface area (Å²) in [7, 11) is 3.06. The van der Waals surface area contributed by atoms with Crippen molar-refractivity contribution in [1.29, 1.82) is 0 Å². The van der Waals surface area contributed by atoms with E-state index < -0.39 is 0 Å². The van der Waals surface area contributed by atoms with Crippen LogP contribution in [0.5, 0.6) is 17.2 Å². The van der Waals surface area contributed by atoms with Crippen LogP contribution in [0.4, 0.5) is 5.69 Å². The maximum atomic E-state index is 12.2. The molecule has 25 heavy (non-hydrogen) atoms. The Morgan fingerprint density at radius 2 is 1.76 bits per heavy atom. The molecule has 0 unspecified atom stereocenters. The highest BCUT2D eigenvalue weighted by molar-refractivity contribution is 6.00.